The van der Waals surface area contributed by atoms with Gasteiger partial charge in [0.05, 0.1) is 22.8 Å². The molecule has 2 unspecified atom stereocenters. The Morgan fingerprint density at radius 2 is 1.95 bits per heavy atom. The van der Waals surface area contributed by atoms with Crippen molar-refractivity contribution in [3.63, 3.8) is 0 Å². The summed E-state index contributed by atoms with van der Waals surface area (Å²) in [6.07, 6.45) is 4.45. The maximum Gasteiger partial charge on any atom is 0.412 e. The van der Waals surface area contributed by atoms with E-state index in [4.69, 9.17) is 16.3 Å². The van der Waals surface area contributed by atoms with E-state index in [0.29, 0.717) is 29.4 Å². The Morgan fingerprint density at radius 1 is 1.14 bits per heavy atom. The van der Waals surface area contributed by atoms with Gasteiger partial charge in [0, 0.05) is 42.5 Å². The molecule has 0 saturated carbocycles. The fourth-order valence-corrected chi connectivity index (χ4v) is 5.75. The highest BCUT2D eigenvalue weighted by molar-refractivity contribution is 6.31. The van der Waals surface area contributed by atoms with E-state index in [2.05, 4.69) is 25.6 Å². The van der Waals surface area contributed by atoms with Crippen molar-refractivity contribution in [2.75, 3.05) is 18.4 Å². The number of pyridine rings is 1. The normalized spacial score (nSPS) is 18.6. The zero-order valence-corrected chi connectivity index (χ0v) is 22.8. The van der Waals surface area contributed by atoms with Gasteiger partial charge in [-0.15, -0.1) is 0 Å². The number of piperidine rings is 1. The van der Waals surface area contributed by atoms with Crippen molar-refractivity contribution in [3.8, 4) is 0 Å². The molecule has 4 aromatic rings. The number of likely N-dealkylation sites (tertiary alicyclic amines) is 1. The van der Waals surface area contributed by atoms with Crippen LogP contribution in [0.1, 0.15) is 34.3 Å². The molecule has 1 fully saturated rings. The average Bonchev–Trinajstić information content (AvgIpc) is 2.98. The molecular formula is C29H24ClFN6O5. The molecule has 0 aliphatic carbocycles. The number of halogens is 2. The highest BCUT2D eigenvalue weighted by Crippen LogP contribution is 2.45. The van der Waals surface area contributed by atoms with E-state index in [9.17, 15) is 19.2 Å². The second-order valence-corrected chi connectivity index (χ2v) is 10.7. The number of amides is 3. The molecule has 42 heavy (non-hydrogen) atoms. The Kier molecular flexibility index (Phi) is 7.07. The molecule has 6 rings (SSSR count). The third-order valence-electron chi connectivity index (χ3n) is 7.49. The van der Waals surface area contributed by atoms with E-state index in [1.54, 1.807) is 36.7 Å². The summed E-state index contributed by atoms with van der Waals surface area (Å²) in [5.41, 5.74) is 0.0416. The quantitative estimate of drug-likeness (QED) is 0.322. The first kappa shape index (κ1) is 27.3. The first-order chi connectivity index (χ1) is 20.2. The molecule has 214 valence electrons. The van der Waals surface area contributed by atoms with Gasteiger partial charge in [-0.05, 0) is 60.2 Å². The van der Waals surface area contributed by atoms with Gasteiger partial charge in [-0.2, -0.15) is 0 Å². The van der Waals surface area contributed by atoms with Crippen LogP contribution in [0.15, 0.2) is 66.0 Å². The summed E-state index contributed by atoms with van der Waals surface area (Å²) in [6.45, 7) is 0.161. The predicted molar refractivity (Wildman–Crippen MR) is 151 cm³/mol. The van der Waals surface area contributed by atoms with Crippen LogP contribution >= 0.6 is 11.6 Å². The zero-order chi connectivity index (χ0) is 29.4. The minimum Gasteiger partial charge on any atom is -0.436 e. The number of carbonyl (C=O) groups excluding carboxylic acids is 3. The van der Waals surface area contributed by atoms with E-state index in [1.165, 1.54) is 29.4 Å². The van der Waals surface area contributed by atoms with E-state index in [1.807, 2.05) is 0 Å². The zero-order valence-electron chi connectivity index (χ0n) is 22.0. The van der Waals surface area contributed by atoms with Gasteiger partial charge in [-0.3, -0.25) is 19.7 Å². The minimum atomic E-state index is -1.46. The molecular weight excluding hydrogens is 567 g/mol. The lowest BCUT2D eigenvalue weighted by atomic mass is 9.82. The number of carbonyl (C=O) groups is 3. The average molecular weight is 591 g/mol. The molecule has 2 aromatic carbocycles. The molecule has 11 nitrogen and oxygen atoms in total. The number of nitrogens with zero attached hydrogens (tertiary/aromatic N) is 3. The summed E-state index contributed by atoms with van der Waals surface area (Å²) < 4.78 is 21.0. The van der Waals surface area contributed by atoms with Gasteiger partial charge in [-0.1, -0.05) is 11.6 Å². The highest BCUT2D eigenvalue weighted by Gasteiger charge is 2.49. The molecule has 2 atom stereocenters. The van der Waals surface area contributed by atoms with Gasteiger partial charge in [0.2, 0.25) is 11.5 Å². The van der Waals surface area contributed by atoms with Crippen molar-refractivity contribution in [1.29, 1.82) is 0 Å². The molecule has 0 bridgehead atoms. The molecule has 3 N–H and O–H groups in total. The number of hydrogen-bond acceptors (Lipinski definition) is 7. The molecule has 2 aromatic heterocycles. The van der Waals surface area contributed by atoms with Crippen molar-refractivity contribution < 1.29 is 23.5 Å². The number of rotatable bonds is 5. The molecule has 13 heteroatoms. The number of hydrogen-bond donors (Lipinski definition) is 3. The molecule has 3 amide bonds. The second kappa shape index (κ2) is 10.9. The third kappa shape index (κ3) is 5.16. The Labute approximate surface area is 243 Å². The van der Waals surface area contributed by atoms with Crippen LogP contribution in [0.5, 0.6) is 0 Å². The smallest absolute Gasteiger partial charge is 0.412 e. The minimum absolute atomic E-state index is 0.0773. The molecule has 2 aliphatic rings. The molecule has 4 heterocycles. The number of aromatic nitrogens is 3. The highest BCUT2D eigenvalue weighted by atomic mass is 35.5. The van der Waals surface area contributed by atoms with Crippen molar-refractivity contribution in [3.05, 3.63) is 99.1 Å². The van der Waals surface area contributed by atoms with Crippen LogP contribution < -0.4 is 16.2 Å². The Hall–Kier alpha value is -4.84. The summed E-state index contributed by atoms with van der Waals surface area (Å²) in [4.78, 5) is 63.7. The molecule has 2 aliphatic heterocycles. The van der Waals surface area contributed by atoms with Crippen LogP contribution in [0, 0.1) is 5.82 Å². The fraction of sp³-hybridized carbons (Fsp3) is 0.241. The van der Waals surface area contributed by atoms with Crippen molar-refractivity contribution in [2.24, 2.45) is 0 Å². The van der Waals surface area contributed by atoms with E-state index < -0.39 is 35.4 Å². The van der Waals surface area contributed by atoms with Crippen molar-refractivity contribution in [2.45, 2.75) is 30.9 Å². The number of ether oxygens (including phenoxy) is 1. The summed E-state index contributed by atoms with van der Waals surface area (Å²) >= 11 is 6.08. The topological polar surface area (TPSA) is 146 Å². The van der Waals surface area contributed by atoms with Crippen LogP contribution in [0.2, 0.25) is 5.02 Å². The van der Waals surface area contributed by atoms with Gasteiger partial charge in [0.15, 0.2) is 11.4 Å². The van der Waals surface area contributed by atoms with Crippen LogP contribution in [0.4, 0.5) is 14.9 Å². The number of nitrogens with one attached hydrogen (secondary N) is 3. The Morgan fingerprint density at radius 3 is 2.76 bits per heavy atom. The lowest BCUT2D eigenvalue weighted by Crippen LogP contribution is -2.57. The number of H-pyrrole nitrogens is 1. The number of aromatic amines is 1. The second-order valence-electron chi connectivity index (χ2n) is 10.3. The van der Waals surface area contributed by atoms with E-state index in [-0.39, 0.29) is 46.8 Å². The monoisotopic (exact) mass is 590 g/mol. The lowest BCUT2D eigenvalue weighted by Gasteiger charge is -2.45. The van der Waals surface area contributed by atoms with Gasteiger partial charge < -0.3 is 19.9 Å². The third-order valence-corrected chi connectivity index (χ3v) is 7.78. The number of anilines is 1. The Bertz CT molecular complexity index is 1780. The first-order valence-corrected chi connectivity index (χ1v) is 13.6. The van der Waals surface area contributed by atoms with Gasteiger partial charge in [0.25, 0.3) is 5.91 Å². The van der Waals surface area contributed by atoms with Crippen molar-refractivity contribution in [1.82, 2.24) is 25.2 Å². The summed E-state index contributed by atoms with van der Waals surface area (Å²) in [5.74, 6) is -1.69. The van der Waals surface area contributed by atoms with Crippen LogP contribution in [-0.4, -0.2) is 56.9 Å². The summed E-state index contributed by atoms with van der Waals surface area (Å²) in [5, 5.41) is 5.84. The van der Waals surface area contributed by atoms with Gasteiger partial charge >= 0.3 is 6.09 Å². The maximum atomic E-state index is 15.3. The van der Waals surface area contributed by atoms with Gasteiger partial charge in [0.1, 0.15) is 12.4 Å². The van der Waals surface area contributed by atoms with E-state index >= 15 is 4.39 Å². The lowest BCUT2D eigenvalue weighted by molar-refractivity contribution is -0.141. The largest absolute Gasteiger partial charge is 0.436 e. The number of fused-ring (bicyclic) bond motifs is 3. The summed E-state index contributed by atoms with van der Waals surface area (Å²) in [6, 6.07) is 9.54. The Balaban J connectivity index is 1.31. The van der Waals surface area contributed by atoms with Crippen LogP contribution in [0.3, 0.4) is 0 Å². The number of benzene rings is 2. The van der Waals surface area contributed by atoms with Crippen molar-refractivity contribution >= 4 is 46.1 Å². The van der Waals surface area contributed by atoms with Crippen LogP contribution in [-0.2, 0) is 21.6 Å². The SMILES string of the molecule is O=C1Nc2ccc(Cl)c(F)c2C2(CCCN(C(=O)C(Cc3cncnc3)NC(=O)c3ccc4[nH]c(=O)ccc4c3)C2)O1. The standard InChI is InChI=1S/C29H24ClFN6O5/c30-19-4-6-21-24(25(19)31)29(42-28(41)36-21)8-1-9-37(14-29)27(40)22(10-16-12-32-15-33-13-16)35-26(39)18-2-5-20-17(11-18)3-7-23(38)34-20/h2-7,11-13,15,22H,1,8-10,14H2,(H,34,38)(H,35,39)(H,36,41). The molecule has 0 radical (unpaired) electrons. The maximum absolute atomic E-state index is 15.3. The first-order valence-electron chi connectivity index (χ1n) is 13.2. The molecule has 1 saturated heterocycles. The van der Waals surface area contributed by atoms with Crippen LogP contribution in [0.25, 0.3) is 10.9 Å². The molecule has 1 spiro atoms. The predicted octanol–water partition coefficient (Wildman–Crippen LogP) is 3.53. The van der Waals surface area contributed by atoms with Gasteiger partial charge in [-0.25, -0.2) is 19.2 Å². The fourth-order valence-electron chi connectivity index (χ4n) is 5.59. The summed E-state index contributed by atoms with van der Waals surface area (Å²) in [7, 11) is 0. The van der Waals surface area contributed by atoms with E-state index in [0.717, 1.165) is 0 Å².